The van der Waals surface area contributed by atoms with Crippen molar-refractivity contribution in [2.45, 2.75) is 29.1 Å². The number of hydrogen-bond donors (Lipinski definition) is 2. The van der Waals surface area contributed by atoms with Crippen LogP contribution in [-0.4, -0.2) is 58.6 Å². The molecule has 0 radical (unpaired) electrons. The van der Waals surface area contributed by atoms with Crippen LogP contribution in [0.3, 0.4) is 0 Å². The van der Waals surface area contributed by atoms with Gasteiger partial charge in [0.2, 0.25) is 20.0 Å². The third-order valence-corrected chi connectivity index (χ3v) is 7.24. The van der Waals surface area contributed by atoms with E-state index >= 15 is 0 Å². The summed E-state index contributed by atoms with van der Waals surface area (Å²) in [5, 5.41) is 16.7. The second-order valence-electron chi connectivity index (χ2n) is 6.07. The van der Waals surface area contributed by atoms with Crippen molar-refractivity contribution in [2.75, 3.05) is 31.7 Å². The van der Waals surface area contributed by atoms with Crippen molar-refractivity contribution in [2.24, 2.45) is 5.14 Å². The number of benzene rings is 1. The van der Waals surface area contributed by atoms with E-state index in [1.807, 2.05) is 0 Å². The minimum Gasteiger partial charge on any atom is -0.464 e. The van der Waals surface area contributed by atoms with Crippen molar-refractivity contribution in [1.82, 2.24) is 4.31 Å². The number of esters is 1. The number of rotatable bonds is 10. The lowest BCUT2D eigenvalue weighted by Gasteiger charge is -2.29. The summed E-state index contributed by atoms with van der Waals surface area (Å²) >= 11 is 5.86. The van der Waals surface area contributed by atoms with Gasteiger partial charge in [-0.2, -0.15) is 4.31 Å². The summed E-state index contributed by atoms with van der Waals surface area (Å²) in [6, 6.07) is 2.04. The van der Waals surface area contributed by atoms with Gasteiger partial charge in [0.15, 0.2) is 0 Å². The molecule has 0 saturated heterocycles. The zero-order chi connectivity index (χ0) is 22.5. The Morgan fingerprint density at radius 3 is 2.67 bits per heavy atom. The van der Waals surface area contributed by atoms with E-state index in [1.165, 1.54) is 0 Å². The molecule has 1 aliphatic heterocycles. The molecule has 0 saturated carbocycles. The second kappa shape index (κ2) is 9.74. The van der Waals surface area contributed by atoms with E-state index in [4.69, 9.17) is 21.5 Å². The highest BCUT2D eigenvalue weighted by Crippen LogP contribution is 2.35. The predicted octanol–water partition coefficient (Wildman–Crippen LogP) is 0.283. The number of primary sulfonamides is 1. The number of anilines is 1. The van der Waals surface area contributed by atoms with Crippen molar-refractivity contribution in [3.8, 4) is 0 Å². The standard InChI is InChI=1S/C14H19ClN4O9S2/c15-10-7-11-13(8-12(10)29(16,23)24)30(25,26)18(9-17-11)4-6-27-14(20)3-1-2-5-28-19(21)22/h7-8,17H,1-6,9H2,(H2,16,23,24). The van der Waals surface area contributed by atoms with Crippen LogP contribution in [0.4, 0.5) is 5.69 Å². The fourth-order valence-electron chi connectivity index (χ4n) is 2.54. The van der Waals surface area contributed by atoms with Crippen LogP contribution in [0.1, 0.15) is 19.3 Å². The number of nitrogens with one attached hydrogen (secondary N) is 1. The minimum atomic E-state index is -4.24. The van der Waals surface area contributed by atoms with Gasteiger partial charge in [-0.3, -0.25) is 4.79 Å². The van der Waals surface area contributed by atoms with E-state index in [1.54, 1.807) is 0 Å². The van der Waals surface area contributed by atoms with Gasteiger partial charge in [-0.1, -0.05) is 11.6 Å². The Kier molecular flexibility index (Phi) is 7.81. The van der Waals surface area contributed by atoms with Gasteiger partial charge < -0.3 is 14.9 Å². The molecule has 13 nitrogen and oxygen atoms in total. The third kappa shape index (κ3) is 6.15. The van der Waals surface area contributed by atoms with Crippen molar-refractivity contribution in [1.29, 1.82) is 0 Å². The molecule has 3 N–H and O–H groups in total. The number of halogens is 1. The van der Waals surface area contributed by atoms with Crippen molar-refractivity contribution in [3.05, 3.63) is 27.3 Å². The fourth-order valence-corrected chi connectivity index (χ4v) is 5.22. The first-order valence-corrected chi connectivity index (χ1v) is 11.8. The van der Waals surface area contributed by atoms with Gasteiger partial charge in [-0.05, 0) is 25.0 Å². The molecule has 0 aliphatic carbocycles. The topological polar surface area (TPSA) is 188 Å². The number of carbonyl (C=O) groups excluding carboxylic acids is 1. The summed E-state index contributed by atoms with van der Waals surface area (Å²) in [7, 11) is -8.33. The number of nitrogens with two attached hydrogens (primary N) is 1. The average molecular weight is 487 g/mol. The largest absolute Gasteiger partial charge is 0.464 e. The number of carbonyl (C=O) groups is 1. The summed E-state index contributed by atoms with van der Waals surface area (Å²) in [6.07, 6.45) is 0.581. The zero-order valence-electron chi connectivity index (χ0n) is 15.4. The van der Waals surface area contributed by atoms with E-state index in [0.29, 0.717) is 6.42 Å². The Bertz CT molecular complexity index is 1030. The average Bonchev–Trinajstić information content (AvgIpc) is 2.61. The molecule has 0 spiro atoms. The van der Waals surface area contributed by atoms with Gasteiger partial charge in [0.05, 0.1) is 30.5 Å². The number of sulfonamides is 2. The summed E-state index contributed by atoms with van der Waals surface area (Å²) in [5.74, 6) is -0.595. The predicted molar refractivity (Wildman–Crippen MR) is 103 cm³/mol. The van der Waals surface area contributed by atoms with Gasteiger partial charge >= 0.3 is 5.97 Å². The summed E-state index contributed by atoms with van der Waals surface area (Å²) in [6.45, 7) is -0.702. The van der Waals surface area contributed by atoms with E-state index in [0.717, 1.165) is 16.4 Å². The van der Waals surface area contributed by atoms with Gasteiger partial charge in [-0.25, -0.2) is 22.0 Å². The first-order valence-electron chi connectivity index (χ1n) is 8.46. The lowest BCUT2D eigenvalue weighted by molar-refractivity contribution is -0.757. The number of nitrogens with zero attached hydrogens (tertiary/aromatic N) is 2. The van der Waals surface area contributed by atoms with E-state index < -0.39 is 36.0 Å². The van der Waals surface area contributed by atoms with Crippen molar-refractivity contribution in [3.63, 3.8) is 0 Å². The van der Waals surface area contributed by atoms with Crippen LogP contribution >= 0.6 is 11.6 Å². The molecule has 1 aliphatic rings. The number of hydrogen-bond acceptors (Lipinski definition) is 10. The number of unbranched alkanes of at least 4 members (excludes halogenated alkanes) is 1. The molecule has 168 valence electrons. The lowest BCUT2D eigenvalue weighted by Crippen LogP contribution is -2.42. The maximum absolute atomic E-state index is 12.8. The summed E-state index contributed by atoms with van der Waals surface area (Å²) in [5.41, 5.74) is 0.123. The lowest BCUT2D eigenvalue weighted by atomic mass is 10.2. The zero-order valence-corrected chi connectivity index (χ0v) is 17.8. The Balaban J connectivity index is 1.94. The molecule has 0 unspecified atom stereocenters. The molecule has 0 atom stereocenters. The van der Waals surface area contributed by atoms with Gasteiger partial charge in [-0.15, -0.1) is 10.1 Å². The van der Waals surface area contributed by atoms with Crippen LogP contribution in [0.25, 0.3) is 0 Å². The Labute approximate surface area is 177 Å². The highest BCUT2D eigenvalue weighted by molar-refractivity contribution is 7.90. The minimum absolute atomic E-state index is 0.00880. The molecule has 1 aromatic carbocycles. The van der Waals surface area contributed by atoms with E-state index in [-0.39, 0.29) is 54.9 Å². The summed E-state index contributed by atoms with van der Waals surface area (Å²) < 4.78 is 54.7. The van der Waals surface area contributed by atoms with Crippen LogP contribution in [0, 0.1) is 10.1 Å². The van der Waals surface area contributed by atoms with Crippen LogP contribution in [0.15, 0.2) is 21.9 Å². The molecule has 16 heteroatoms. The maximum atomic E-state index is 12.8. The molecular formula is C14H19ClN4O9S2. The third-order valence-electron chi connectivity index (χ3n) is 3.98. The molecule has 0 amide bonds. The van der Waals surface area contributed by atoms with Crippen LogP contribution in [0.2, 0.25) is 5.02 Å². The fraction of sp³-hybridized carbons (Fsp3) is 0.500. The Morgan fingerprint density at radius 1 is 1.33 bits per heavy atom. The molecule has 0 aromatic heterocycles. The first-order chi connectivity index (χ1) is 13.9. The molecule has 1 heterocycles. The quantitative estimate of drug-likeness (QED) is 0.201. The highest BCUT2D eigenvalue weighted by Gasteiger charge is 2.33. The second-order valence-corrected chi connectivity index (χ2v) is 9.92. The molecule has 2 rings (SSSR count). The van der Waals surface area contributed by atoms with E-state index in [2.05, 4.69) is 10.2 Å². The normalized spacial score (nSPS) is 15.7. The molecule has 0 fully saturated rings. The maximum Gasteiger partial charge on any atom is 0.305 e. The monoisotopic (exact) mass is 486 g/mol. The van der Waals surface area contributed by atoms with Gasteiger partial charge in [0.25, 0.3) is 5.09 Å². The van der Waals surface area contributed by atoms with E-state index in [9.17, 15) is 31.7 Å². The smallest absolute Gasteiger partial charge is 0.305 e. The van der Waals surface area contributed by atoms with Crippen LogP contribution < -0.4 is 10.5 Å². The van der Waals surface area contributed by atoms with Crippen molar-refractivity contribution < 1.29 is 36.3 Å². The summed E-state index contributed by atoms with van der Waals surface area (Å²) in [4.78, 5) is 24.9. The Hall–Kier alpha value is -2.20. The van der Waals surface area contributed by atoms with Gasteiger partial charge in [0.1, 0.15) is 16.4 Å². The Morgan fingerprint density at radius 2 is 2.03 bits per heavy atom. The molecular weight excluding hydrogens is 468 g/mol. The number of fused-ring (bicyclic) bond motifs is 1. The molecule has 0 bridgehead atoms. The molecule has 30 heavy (non-hydrogen) atoms. The SMILES string of the molecule is NS(=O)(=O)c1cc2c(cc1Cl)NCN(CCOC(=O)CCCCO[N+](=O)[O-])S2(=O)=O. The molecule has 1 aromatic rings. The van der Waals surface area contributed by atoms with Crippen LogP contribution in [-0.2, 0) is 34.4 Å². The number of ether oxygens (including phenoxy) is 1. The van der Waals surface area contributed by atoms with Crippen LogP contribution in [0.5, 0.6) is 0 Å². The van der Waals surface area contributed by atoms with Gasteiger partial charge in [0, 0.05) is 6.42 Å². The highest BCUT2D eigenvalue weighted by atomic mass is 35.5. The van der Waals surface area contributed by atoms with Crippen molar-refractivity contribution >= 4 is 43.3 Å². The first kappa shape index (κ1) is 24.1.